The molecule has 0 radical (unpaired) electrons. The minimum Gasteiger partial charge on any atom is -0.454 e. The maximum absolute atomic E-state index is 11.2. The Bertz CT molecular complexity index is 1010. The molecule has 1 aliphatic heterocycles. The highest BCUT2D eigenvalue weighted by Gasteiger charge is 2.21. The molecule has 0 saturated heterocycles. The number of amides is 1. The molecule has 11 heteroatoms. The van der Waals surface area contributed by atoms with Gasteiger partial charge in [0.15, 0.2) is 11.5 Å². The molecule has 0 spiro atoms. The van der Waals surface area contributed by atoms with E-state index in [1.54, 1.807) is 11.5 Å². The summed E-state index contributed by atoms with van der Waals surface area (Å²) in [6.07, 6.45) is 5.21. The van der Waals surface area contributed by atoms with Crippen molar-refractivity contribution in [3.8, 4) is 11.5 Å². The molecule has 1 amide bonds. The van der Waals surface area contributed by atoms with Crippen LogP contribution in [0.1, 0.15) is 37.7 Å². The third-order valence-electron chi connectivity index (χ3n) is 5.17. The number of unbranched alkanes of at least 4 members (excludes halogenated alkanes) is 3. The Labute approximate surface area is 202 Å². The second-order valence-corrected chi connectivity index (χ2v) is 8.93. The summed E-state index contributed by atoms with van der Waals surface area (Å²) >= 11 is 7.92. The summed E-state index contributed by atoms with van der Waals surface area (Å²) in [4.78, 5) is 22.8. The molecular weight excluding hydrogens is 466 g/mol. The van der Waals surface area contributed by atoms with E-state index in [2.05, 4.69) is 26.8 Å². The van der Waals surface area contributed by atoms with E-state index in [9.17, 15) is 4.79 Å². The van der Waals surface area contributed by atoms with Crippen molar-refractivity contribution in [1.29, 1.82) is 0 Å². The van der Waals surface area contributed by atoms with Crippen LogP contribution in [0.15, 0.2) is 35.0 Å². The fourth-order valence-corrected chi connectivity index (χ4v) is 4.57. The van der Waals surface area contributed by atoms with Gasteiger partial charge >= 0.3 is 0 Å². The van der Waals surface area contributed by atoms with Crippen LogP contribution in [-0.4, -0.2) is 41.5 Å². The monoisotopic (exact) mass is 493 g/mol. The fourth-order valence-electron chi connectivity index (χ4n) is 3.44. The Morgan fingerprint density at radius 3 is 2.70 bits per heavy atom. The number of carbonyl (C=O) groups is 1. The van der Waals surface area contributed by atoms with Crippen molar-refractivity contribution in [2.45, 2.75) is 43.9 Å². The number of nitrogens with zero attached hydrogens (tertiary/aromatic N) is 3. The zero-order chi connectivity index (χ0) is 23.8. The van der Waals surface area contributed by atoms with Crippen LogP contribution >= 0.6 is 23.4 Å². The molecule has 3 N–H and O–H groups in total. The smallest absolute Gasteiger partial charge is 0.243 e. The number of ether oxygens (including phenoxy) is 2. The number of benzene rings is 1. The summed E-state index contributed by atoms with van der Waals surface area (Å²) in [6, 6.07) is 3.61. The molecule has 178 valence electrons. The first-order valence-electron chi connectivity index (χ1n) is 10.6. The Hall–Kier alpha value is -2.69. The molecule has 1 aromatic carbocycles. The number of aromatic nitrogens is 2. The topological polar surface area (TPSA) is 109 Å². The van der Waals surface area contributed by atoms with Crippen molar-refractivity contribution in [2.75, 3.05) is 30.6 Å². The number of hydrogen-bond donors (Lipinski definition) is 3. The Morgan fingerprint density at radius 2 is 1.97 bits per heavy atom. The maximum atomic E-state index is 11.2. The van der Waals surface area contributed by atoms with Crippen molar-refractivity contribution >= 4 is 40.9 Å². The number of carbonyl (C=O) groups excluding carboxylic acids is 1. The van der Waals surface area contributed by atoms with Crippen LogP contribution in [-0.2, 0) is 4.79 Å². The second kappa shape index (κ2) is 12.0. The molecule has 2 heterocycles. The maximum Gasteiger partial charge on any atom is 0.243 e. The summed E-state index contributed by atoms with van der Waals surface area (Å²) in [5.41, 5.74) is 2.58. The van der Waals surface area contributed by atoms with Crippen molar-refractivity contribution < 1.29 is 19.5 Å². The second-order valence-electron chi connectivity index (χ2n) is 7.40. The van der Waals surface area contributed by atoms with Crippen molar-refractivity contribution in [3.63, 3.8) is 0 Å². The molecule has 33 heavy (non-hydrogen) atoms. The van der Waals surface area contributed by atoms with Crippen LogP contribution in [0.5, 0.6) is 11.5 Å². The van der Waals surface area contributed by atoms with E-state index in [0.717, 1.165) is 46.4 Å². The summed E-state index contributed by atoms with van der Waals surface area (Å²) in [7, 11) is 1.82. The van der Waals surface area contributed by atoms with Crippen molar-refractivity contribution in [2.24, 2.45) is 0 Å². The number of rotatable bonds is 12. The van der Waals surface area contributed by atoms with E-state index < -0.39 is 0 Å². The van der Waals surface area contributed by atoms with Crippen molar-refractivity contribution in [1.82, 2.24) is 15.4 Å². The lowest BCUT2D eigenvalue weighted by Gasteiger charge is -2.27. The Kier molecular flexibility index (Phi) is 9.04. The average molecular weight is 494 g/mol. The first kappa shape index (κ1) is 24.9. The lowest BCUT2D eigenvalue weighted by molar-refractivity contribution is -0.129. The van der Waals surface area contributed by atoms with E-state index in [1.807, 2.05) is 20.0 Å². The van der Waals surface area contributed by atoms with Crippen LogP contribution in [0.25, 0.3) is 0 Å². The van der Waals surface area contributed by atoms with E-state index in [-0.39, 0.29) is 12.7 Å². The van der Waals surface area contributed by atoms with Gasteiger partial charge in [-0.05, 0) is 25.8 Å². The van der Waals surface area contributed by atoms with Gasteiger partial charge in [-0.15, -0.1) is 0 Å². The van der Waals surface area contributed by atoms with E-state index >= 15 is 0 Å². The van der Waals surface area contributed by atoms with Crippen LogP contribution in [0.3, 0.4) is 0 Å². The number of hydrogen-bond acceptors (Lipinski definition) is 9. The third kappa shape index (κ3) is 6.43. The van der Waals surface area contributed by atoms with E-state index in [4.69, 9.17) is 26.3 Å². The Balaban J connectivity index is 1.73. The molecule has 3 rings (SSSR count). The van der Waals surface area contributed by atoms with Gasteiger partial charge in [0.2, 0.25) is 12.7 Å². The number of thioether (sulfide) groups is 1. The van der Waals surface area contributed by atoms with Gasteiger partial charge in [-0.25, -0.2) is 15.4 Å². The quantitative estimate of drug-likeness (QED) is 0.167. The van der Waals surface area contributed by atoms with Crippen LogP contribution < -0.4 is 25.2 Å². The summed E-state index contributed by atoms with van der Waals surface area (Å²) < 4.78 is 10.9. The van der Waals surface area contributed by atoms with E-state index in [0.29, 0.717) is 35.9 Å². The number of fused-ring (bicyclic) bond motifs is 1. The minimum atomic E-state index is -0.363. The molecule has 0 unspecified atom stereocenters. The van der Waals surface area contributed by atoms with Gasteiger partial charge in [-0.3, -0.25) is 10.0 Å². The molecule has 1 aromatic heterocycles. The number of nitrogens with one attached hydrogen (secondary N) is 2. The molecule has 0 atom stereocenters. The van der Waals surface area contributed by atoms with Gasteiger partial charge < -0.3 is 19.7 Å². The summed E-state index contributed by atoms with van der Waals surface area (Å²) in [5, 5.41) is 13.0. The van der Waals surface area contributed by atoms with Crippen LogP contribution in [0.4, 0.5) is 11.6 Å². The molecule has 0 aliphatic carbocycles. The van der Waals surface area contributed by atoms with Gasteiger partial charge in [-0.1, -0.05) is 42.8 Å². The number of halogens is 1. The third-order valence-corrected chi connectivity index (χ3v) is 6.60. The van der Waals surface area contributed by atoms with Crippen LogP contribution in [0, 0.1) is 6.92 Å². The number of hydroxylamine groups is 1. The minimum absolute atomic E-state index is 0.180. The predicted octanol–water partition coefficient (Wildman–Crippen LogP) is 4.73. The molecule has 1 aliphatic rings. The van der Waals surface area contributed by atoms with Crippen molar-refractivity contribution in [3.05, 3.63) is 40.7 Å². The van der Waals surface area contributed by atoms with Gasteiger partial charge in [0.25, 0.3) is 0 Å². The molecule has 0 bridgehead atoms. The fraction of sp³-hybridized carbons (Fsp3) is 0.409. The van der Waals surface area contributed by atoms with Gasteiger partial charge in [0.1, 0.15) is 18.0 Å². The lowest BCUT2D eigenvalue weighted by atomic mass is 10.1. The lowest BCUT2D eigenvalue weighted by Crippen LogP contribution is -2.24. The molecule has 0 fully saturated rings. The normalized spacial score (nSPS) is 11.9. The molecule has 9 nitrogen and oxygen atoms in total. The standard InChI is InChI=1S/C22H28ClN5O4S/c1-14-21(24-3)25-12-26-22(14)28(9-7-5-4-6-8-20(29)27-30)15(2)33-19-11-18-17(10-16(19)23)31-13-32-18/h10-12,30H,2,4-9,13H2,1,3H3,(H,27,29)(H,24,25,26). The van der Waals surface area contributed by atoms with E-state index in [1.165, 1.54) is 18.1 Å². The van der Waals surface area contributed by atoms with Gasteiger partial charge in [0.05, 0.1) is 10.1 Å². The Morgan fingerprint density at radius 1 is 1.24 bits per heavy atom. The summed E-state index contributed by atoms with van der Waals surface area (Å²) in [6.45, 7) is 7.13. The highest BCUT2D eigenvalue weighted by molar-refractivity contribution is 8.03. The highest BCUT2D eigenvalue weighted by Crippen LogP contribution is 2.43. The molecule has 0 saturated carbocycles. The first-order valence-corrected chi connectivity index (χ1v) is 11.8. The molecular formula is C22H28ClN5O4S. The van der Waals surface area contributed by atoms with Gasteiger partial charge in [-0.2, -0.15) is 0 Å². The number of anilines is 2. The zero-order valence-electron chi connectivity index (χ0n) is 18.7. The first-order chi connectivity index (χ1) is 15.9. The SMILES string of the molecule is C=C(Sc1cc2c(cc1Cl)OCO2)N(CCCCCCC(=O)NO)c1ncnc(NC)c1C. The predicted molar refractivity (Wildman–Crippen MR) is 129 cm³/mol. The molecule has 2 aromatic rings. The highest BCUT2D eigenvalue weighted by atomic mass is 35.5. The van der Waals surface area contributed by atoms with Gasteiger partial charge in [0, 0.05) is 36.5 Å². The largest absolute Gasteiger partial charge is 0.454 e. The zero-order valence-corrected chi connectivity index (χ0v) is 20.3. The average Bonchev–Trinajstić information content (AvgIpc) is 3.26. The van der Waals surface area contributed by atoms with Crippen LogP contribution in [0.2, 0.25) is 5.02 Å². The summed E-state index contributed by atoms with van der Waals surface area (Å²) in [5.74, 6) is 2.44.